The van der Waals surface area contributed by atoms with Crippen LogP contribution in [0.2, 0.25) is 0 Å². The lowest BCUT2D eigenvalue weighted by Crippen LogP contribution is -2.30. The number of aromatic nitrogens is 5. The molecule has 1 aromatic carbocycles. The van der Waals surface area contributed by atoms with E-state index in [1.54, 1.807) is 30.5 Å². The Morgan fingerprint density at radius 3 is 2.70 bits per heavy atom. The number of rotatable bonds is 8. The standard InChI is InChI=1S/C19H22N6O3S2/c1-4-25(5-2)30(26,27)13-8-9-14-15(11-13)21-17(20-14)12-29-19-23-22-18(24(19)3)16-7-6-10-28-16/h6-11H,4-5,12H2,1-3H3,(H,20,21). The van der Waals surface area contributed by atoms with Gasteiger partial charge >= 0.3 is 0 Å². The Kier molecular flexibility index (Phi) is 5.67. The van der Waals surface area contributed by atoms with E-state index in [0.717, 1.165) is 16.5 Å². The number of nitrogens with one attached hydrogen (secondary N) is 1. The molecule has 9 nitrogen and oxygen atoms in total. The molecule has 0 amide bonds. The molecule has 158 valence electrons. The summed E-state index contributed by atoms with van der Waals surface area (Å²) in [6.07, 6.45) is 1.60. The highest BCUT2D eigenvalue weighted by Gasteiger charge is 2.22. The largest absolute Gasteiger partial charge is 0.461 e. The van der Waals surface area contributed by atoms with Crippen molar-refractivity contribution in [3.8, 4) is 11.6 Å². The zero-order valence-corrected chi connectivity index (χ0v) is 18.5. The SMILES string of the molecule is CCN(CC)S(=O)(=O)c1ccc2nc(CSc3nnc(-c4ccco4)n3C)[nH]c2c1. The van der Waals surface area contributed by atoms with Crippen LogP contribution >= 0.6 is 11.8 Å². The molecule has 1 N–H and O–H groups in total. The van der Waals surface area contributed by atoms with E-state index in [1.807, 2.05) is 31.5 Å². The number of benzene rings is 1. The maximum atomic E-state index is 12.8. The second-order valence-corrected chi connectivity index (χ2v) is 9.46. The Morgan fingerprint density at radius 2 is 2.00 bits per heavy atom. The van der Waals surface area contributed by atoms with Crippen molar-refractivity contribution < 1.29 is 12.8 Å². The van der Waals surface area contributed by atoms with Gasteiger partial charge in [0.05, 0.1) is 27.9 Å². The van der Waals surface area contributed by atoms with Crippen LogP contribution in [0.1, 0.15) is 19.7 Å². The molecule has 0 bridgehead atoms. The zero-order chi connectivity index (χ0) is 21.3. The first-order valence-corrected chi connectivity index (χ1v) is 11.9. The summed E-state index contributed by atoms with van der Waals surface area (Å²) in [6.45, 7) is 4.52. The quantitative estimate of drug-likeness (QED) is 0.414. The molecule has 0 saturated heterocycles. The number of furan rings is 1. The number of imidazole rings is 1. The molecule has 30 heavy (non-hydrogen) atoms. The molecule has 11 heteroatoms. The van der Waals surface area contributed by atoms with Gasteiger partial charge in [0.1, 0.15) is 5.82 Å². The highest BCUT2D eigenvalue weighted by molar-refractivity contribution is 7.98. The Morgan fingerprint density at radius 1 is 1.20 bits per heavy atom. The van der Waals surface area contributed by atoms with Crippen LogP contribution in [-0.4, -0.2) is 50.5 Å². The lowest BCUT2D eigenvalue weighted by Gasteiger charge is -2.18. The van der Waals surface area contributed by atoms with Crippen LogP contribution < -0.4 is 0 Å². The van der Waals surface area contributed by atoms with E-state index in [4.69, 9.17) is 4.42 Å². The van der Waals surface area contributed by atoms with E-state index in [2.05, 4.69) is 20.2 Å². The first kappa shape index (κ1) is 20.6. The molecule has 4 aromatic rings. The van der Waals surface area contributed by atoms with Crippen LogP contribution in [0.25, 0.3) is 22.6 Å². The lowest BCUT2D eigenvalue weighted by atomic mass is 10.3. The molecule has 4 rings (SSSR count). The van der Waals surface area contributed by atoms with Crippen LogP contribution in [0.5, 0.6) is 0 Å². The van der Waals surface area contributed by atoms with Crippen LogP contribution in [0.3, 0.4) is 0 Å². The Bertz CT molecular complexity index is 1260. The third-order valence-corrected chi connectivity index (χ3v) is 7.84. The fraction of sp³-hybridized carbons (Fsp3) is 0.316. The van der Waals surface area contributed by atoms with Gasteiger partial charge in [0.2, 0.25) is 10.0 Å². The zero-order valence-electron chi connectivity index (χ0n) is 16.9. The molecule has 0 aliphatic rings. The van der Waals surface area contributed by atoms with Crippen molar-refractivity contribution in [2.75, 3.05) is 13.1 Å². The van der Waals surface area contributed by atoms with Gasteiger partial charge in [-0.3, -0.25) is 0 Å². The lowest BCUT2D eigenvalue weighted by molar-refractivity contribution is 0.445. The van der Waals surface area contributed by atoms with Gasteiger partial charge in [-0.05, 0) is 30.3 Å². The van der Waals surface area contributed by atoms with Gasteiger partial charge in [-0.25, -0.2) is 13.4 Å². The predicted octanol–water partition coefficient (Wildman–Crippen LogP) is 3.27. The minimum atomic E-state index is -3.51. The molecule has 0 aliphatic carbocycles. The van der Waals surface area contributed by atoms with E-state index >= 15 is 0 Å². The maximum Gasteiger partial charge on any atom is 0.243 e. The summed E-state index contributed by atoms with van der Waals surface area (Å²) in [5.41, 5.74) is 1.41. The molecule has 3 aromatic heterocycles. The number of thioether (sulfide) groups is 1. The average molecular weight is 447 g/mol. The number of H-pyrrole nitrogens is 1. The number of sulfonamides is 1. The number of hydrogen-bond donors (Lipinski definition) is 1. The number of aromatic amines is 1. The van der Waals surface area contributed by atoms with Crippen LogP contribution in [0, 0.1) is 0 Å². The molecule has 0 radical (unpaired) electrons. The summed E-state index contributed by atoms with van der Waals surface area (Å²) < 4.78 is 34.2. The molecular weight excluding hydrogens is 424 g/mol. The summed E-state index contributed by atoms with van der Waals surface area (Å²) in [5, 5.41) is 9.12. The topological polar surface area (TPSA) is 110 Å². The van der Waals surface area contributed by atoms with E-state index in [9.17, 15) is 8.42 Å². The molecule has 0 spiro atoms. The van der Waals surface area contributed by atoms with Gasteiger partial charge in [0.15, 0.2) is 16.7 Å². The van der Waals surface area contributed by atoms with E-state index < -0.39 is 10.0 Å². The highest BCUT2D eigenvalue weighted by atomic mass is 32.2. The summed E-state index contributed by atoms with van der Waals surface area (Å²) in [5.74, 6) is 2.58. The summed E-state index contributed by atoms with van der Waals surface area (Å²) in [4.78, 5) is 8.04. The summed E-state index contributed by atoms with van der Waals surface area (Å²) >= 11 is 1.48. The van der Waals surface area contributed by atoms with Gasteiger partial charge in [0.25, 0.3) is 0 Å². The highest BCUT2D eigenvalue weighted by Crippen LogP contribution is 2.26. The average Bonchev–Trinajstić information content (AvgIpc) is 3.46. The number of nitrogens with zero attached hydrogens (tertiary/aromatic N) is 5. The molecule has 0 fully saturated rings. The molecule has 0 saturated carbocycles. The van der Waals surface area contributed by atoms with Gasteiger partial charge < -0.3 is 14.0 Å². The second-order valence-electron chi connectivity index (χ2n) is 6.58. The van der Waals surface area contributed by atoms with Gasteiger partial charge in [-0.15, -0.1) is 10.2 Å². The van der Waals surface area contributed by atoms with Crippen molar-refractivity contribution in [3.05, 3.63) is 42.4 Å². The maximum absolute atomic E-state index is 12.8. The smallest absolute Gasteiger partial charge is 0.243 e. The summed E-state index contributed by atoms with van der Waals surface area (Å²) in [7, 11) is -1.64. The Balaban J connectivity index is 1.54. The van der Waals surface area contributed by atoms with Crippen LogP contribution in [0.15, 0.2) is 51.1 Å². The molecule has 0 aliphatic heterocycles. The van der Waals surface area contributed by atoms with Gasteiger partial charge in [-0.2, -0.15) is 4.31 Å². The van der Waals surface area contributed by atoms with E-state index in [0.29, 0.717) is 35.9 Å². The third kappa shape index (κ3) is 3.75. The van der Waals surface area contributed by atoms with E-state index in [-0.39, 0.29) is 4.90 Å². The van der Waals surface area contributed by atoms with Gasteiger partial charge in [0, 0.05) is 20.1 Å². The van der Waals surface area contributed by atoms with Gasteiger partial charge in [-0.1, -0.05) is 25.6 Å². The Labute approximate surface area is 178 Å². The first-order valence-electron chi connectivity index (χ1n) is 9.49. The van der Waals surface area contributed by atoms with Crippen LogP contribution in [-0.2, 0) is 22.8 Å². The first-order chi connectivity index (χ1) is 14.4. The van der Waals surface area contributed by atoms with Crippen molar-refractivity contribution >= 4 is 32.8 Å². The fourth-order valence-electron chi connectivity index (χ4n) is 3.18. The van der Waals surface area contributed by atoms with Crippen molar-refractivity contribution in [1.29, 1.82) is 0 Å². The van der Waals surface area contributed by atoms with Crippen molar-refractivity contribution in [2.45, 2.75) is 29.7 Å². The number of fused-ring (bicyclic) bond motifs is 1. The summed E-state index contributed by atoms with van der Waals surface area (Å²) in [6, 6.07) is 8.61. The molecular formula is C19H22N6O3S2. The second kappa shape index (κ2) is 8.25. The van der Waals surface area contributed by atoms with Crippen molar-refractivity contribution in [1.82, 2.24) is 29.0 Å². The van der Waals surface area contributed by atoms with Crippen LogP contribution in [0.4, 0.5) is 0 Å². The molecule has 0 atom stereocenters. The minimum Gasteiger partial charge on any atom is -0.461 e. The minimum absolute atomic E-state index is 0.262. The fourth-order valence-corrected chi connectivity index (χ4v) is 5.44. The number of hydrogen-bond acceptors (Lipinski definition) is 7. The monoisotopic (exact) mass is 446 g/mol. The molecule has 3 heterocycles. The Hall–Kier alpha value is -2.63. The molecule has 0 unspecified atom stereocenters. The van der Waals surface area contributed by atoms with Crippen molar-refractivity contribution in [2.24, 2.45) is 7.05 Å². The van der Waals surface area contributed by atoms with Crippen molar-refractivity contribution in [3.63, 3.8) is 0 Å². The van der Waals surface area contributed by atoms with E-state index in [1.165, 1.54) is 16.1 Å². The normalized spacial score (nSPS) is 12.3. The third-order valence-electron chi connectivity index (χ3n) is 4.76. The predicted molar refractivity (Wildman–Crippen MR) is 114 cm³/mol.